The van der Waals surface area contributed by atoms with Gasteiger partial charge in [-0.25, -0.2) is 0 Å². The maximum Gasteiger partial charge on any atom is 0.161 e. The van der Waals surface area contributed by atoms with Crippen molar-refractivity contribution in [2.45, 2.75) is 64.5 Å². The number of nitrogens with zero attached hydrogens (tertiary/aromatic N) is 1. The van der Waals surface area contributed by atoms with E-state index in [0.29, 0.717) is 31.8 Å². The Morgan fingerprint density at radius 1 is 1.32 bits per heavy atom. The fraction of sp³-hybridized carbons (Fsp3) is 0.739. The van der Waals surface area contributed by atoms with Crippen molar-refractivity contribution in [2.75, 3.05) is 33.5 Å². The molecule has 2 aliphatic heterocycles. The van der Waals surface area contributed by atoms with Crippen molar-refractivity contribution >= 4 is 0 Å². The Morgan fingerprint density at radius 3 is 2.75 bits per heavy atom. The van der Waals surface area contributed by atoms with Gasteiger partial charge in [-0.15, -0.1) is 0 Å². The molecule has 0 bridgehead atoms. The molecule has 0 radical (unpaired) electrons. The van der Waals surface area contributed by atoms with Gasteiger partial charge in [-0.3, -0.25) is 9.29 Å². The lowest BCUT2D eigenvalue weighted by atomic mass is 9.69. The number of fused-ring (bicyclic) bond motifs is 3. The molecule has 4 nitrogen and oxygen atoms in total. The zero-order valence-corrected chi connectivity index (χ0v) is 17.8. The molecule has 1 aromatic carbocycles. The van der Waals surface area contributed by atoms with Gasteiger partial charge >= 0.3 is 0 Å². The Kier molecular flexibility index (Phi) is 6.87. The number of benzene rings is 1. The van der Waals surface area contributed by atoms with Gasteiger partial charge in [-0.05, 0) is 68.2 Å². The van der Waals surface area contributed by atoms with Crippen LogP contribution in [0.3, 0.4) is 0 Å². The van der Waals surface area contributed by atoms with Crippen LogP contribution in [0.25, 0.3) is 0 Å². The Balaban J connectivity index is 1.94. The standard InChI is InChI=1S/C23H36FNO3/c1-5-28-22-13-19-17(12-21(22)27-4)7-10-25-15-18(11-16(2)3)23(26,8-6-9-24)14-20(19)25/h12-13,16,18,20,26H,5-11,14-15H2,1-4H3/t18-,20-,23-/m1/s1/i24+0. The number of rotatable bonds is 8. The molecule has 3 atom stereocenters. The van der Waals surface area contributed by atoms with Gasteiger partial charge in [0.05, 0.1) is 26.0 Å². The first-order valence-corrected chi connectivity index (χ1v) is 10.8. The smallest absolute Gasteiger partial charge is 0.161 e. The number of methoxy groups -OCH3 is 1. The summed E-state index contributed by atoms with van der Waals surface area (Å²) >= 11 is 0. The molecule has 3 rings (SSSR count). The predicted molar refractivity (Wildman–Crippen MR) is 110 cm³/mol. The molecule has 28 heavy (non-hydrogen) atoms. The van der Waals surface area contributed by atoms with Crippen molar-refractivity contribution in [1.29, 1.82) is 0 Å². The normalized spacial score (nSPS) is 27.4. The highest BCUT2D eigenvalue weighted by Gasteiger charge is 2.47. The van der Waals surface area contributed by atoms with Crippen LogP contribution in [0, 0.1) is 11.8 Å². The van der Waals surface area contributed by atoms with Crippen LogP contribution >= 0.6 is 0 Å². The second-order valence-corrected chi connectivity index (χ2v) is 8.82. The molecule has 0 amide bonds. The molecule has 2 aliphatic rings. The third-order valence-corrected chi connectivity index (χ3v) is 6.45. The van der Waals surface area contributed by atoms with E-state index in [4.69, 9.17) is 9.47 Å². The first-order chi connectivity index (χ1) is 13.4. The summed E-state index contributed by atoms with van der Waals surface area (Å²) in [7, 11) is 1.67. The predicted octanol–water partition coefficient (Wildman–Crippen LogP) is 4.54. The van der Waals surface area contributed by atoms with Crippen molar-refractivity contribution in [1.82, 2.24) is 4.90 Å². The van der Waals surface area contributed by atoms with E-state index in [0.717, 1.165) is 37.4 Å². The summed E-state index contributed by atoms with van der Waals surface area (Å²) < 4.78 is 24.3. The Hall–Kier alpha value is -1.33. The average Bonchev–Trinajstić information content (AvgIpc) is 2.66. The van der Waals surface area contributed by atoms with E-state index < -0.39 is 5.60 Å². The minimum atomic E-state index is -0.808. The minimum Gasteiger partial charge on any atom is -0.493 e. The fourth-order valence-electron chi connectivity index (χ4n) is 5.14. The zero-order chi connectivity index (χ0) is 20.3. The second kappa shape index (κ2) is 9.00. The molecule has 1 aromatic rings. The lowest BCUT2D eigenvalue weighted by Gasteiger charge is -2.52. The van der Waals surface area contributed by atoms with Crippen LogP contribution < -0.4 is 9.47 Å². The number of ether oxygens (including phenoxy) is 2. The summed E-state index contributed by atoms with van der Waals surface area (Å²) in [5.74, 6) is 2.25. The zero-order valence-electron chi connectivity index (χ0n) is 17.8. The van der Waals surface area contributed by atoms with Crippen LogP contribution in [0.2, 0.25) is 0 Å². The van der Waals surface area contributed by atoms with Gasteiger partial charge in [0.1, 0.15) is 0 Å². The average molecular weight is 394 g/mol. The summed E-state index contributed by atoms with van der Waals surface area (Å²) in [6.07, 6.45) is 3.58. The molecule has 5 heteroatoms. The fourth-order valence-corrected chi connectivity index (χ4v) is 5.14. The Bertz CT molecular complexity index is 665. The van der Waals surface area contributed by atoms with Crippen LogP contribution in [-0.2, 0) is 6.42 Å². The quantitative estimate of drug-likeness (QED) is 0.704. The van der Waals surface area contributed by atoms with Crippen molar-refractivity contribution in [3.8, 4) is 11.5 Å². The van der Waals surface area contributed by atoms with Crippen LogP contribution in [-0.4, -0.2) is 49.1 Å². The number of hydrogen-bond donors (Lipinski definition) is 1. The highest BCUT2D eigenvalue weighted by molar-refractivity contribution is 5.49. The van der Waals surface area contributed by atoms with E-state index in [2.05, 4.69) is 30.9 Å². The van der Waals surface area contributed by atoms with E-state index in [-0.39, 0.29) is 18.6 Å². The molecule has 0 aromatic heterocycles. The molecule has 0 unspecified atom stereocenters. The van der Waals surface area contributed by atoms with Crippen LogP contribution in [0.1, 0.15) is 63.6 Å². The molecule has 0 spiro atoms. The number of piperidine rings is 1. The number of hydrogen-bond acceptors (Lipinski definition) is 4. The van der Waals surface area contributed by atoms with Gasteiger partial charge in [-0.2, -0.15) is 0 Å². The topological polar surface area (TPSA) is 41.9 Å². The van der Waals surface area contributed by atoms with Gasteiger partial charge in [0.2, 0.25) is 0 Å². The van der Waals surface area contributed by atoms with E-state index in [9.17, 15) is 9.50 Å². The Labute approximate surface area is 169 Å². The molecule has 1 saturated heterocycles. The molecule has 158 valence electrons. The van der Waals surface area contributed by atoms with Gasteiger partial charge in [0.15, 0.2) is 11.5 Å². The van der Waals surface area contributed by atoms with Crippen LogP contribution in [0.5, 0.6) is 11.5 Å². The van der Waals surface area contributed by atoms with Crippen molar-refractivity contribution < 1.29 is 19.0 Å². The van der Waals surface area contributed by atoms with Crippen molar-refractivity contribution in [3.05, 3.63) is 23.3 Å². The number of alkyl halides is 1. The van der Waals surface area contributed by atoms with Crippen LogP contribution in [0.15, 0.2) is 12.1 Å². The van der Waals surface area contributed by atoms with E-state index in [1.54, 1.807) is 7.11 Å². The SMILES string of the molecule is CCOc1cc2c(cc1OC)CCN1C[C@@H](CC(C)C)[C@@](O)(CCC[19F])C[C@H]21. The first kappa shape index (κ1) is 21.4. The van der Waals surface area contributed by atoms with E-state index in [1.165, 1.54) is 11.1 Å². The molecule has 2 heterocycles. The third kappa shape index (κ3) is 4.30. The summed E-state index contributed by atoms with van der Waals surface area (Å²) in [5, 5.41) is 11.6. The maximum absolute atomic E-state index is 12.9. The lowest BCUT2D eigenvalue weighted by molar-refractivity contribution is -0.110. The molecular formula is C23H36FNO3. The summed E-state index contributed by atoms with van der Waals surface area (Å²) in [5.41, 5.74) is 1.70. The van der Waals surface area contributed by atoms with Gasteiger partial charge in [0.25, 0.3) is 0 Å². The monoisotopic (exact) mass is 393 g/mol. The highest BCUT2D eigenvalue weighted by atomic mass is 19.1. The van der Waals surface area contributed by atoms with Gasteiger partial charge in [0, 0.05) is 25.0 Å². The molecule has 0 saturated carbocycles. The molecular weight excluding hydrogens is 357 g/mol. The highest BCUT2D eigenvalue weighted by Crippen LogP contribution is 2.48. The maximum atomic E-state index is 12.9. The lowest BCUT2D eigenvalue weighted by Crippen LogP contribution is -2.55. The van der Waals surface area contributed by atoms with Crippen LogP contribution in [0.4, 0.5) is 4.39 Å². The summed E-state index contributed by atoms with van der Waals surface area (Å²) in [6.45, 7) is 8.46. The molecule has 0 aliphatic carbocycles. The molecule has 1 fully saturated rings. The van der Waals surface area contributed by atoms with Crippen molar-refractivity contribution in [2.24, 2.45) is 11.8 Å². The van der Waals surface area contributed by atoms with Gasteiger partial charge < -0.3 is 14.6 Å². The summed E-state index contributed by atoms with van der Waals surface area (Å²) in [6, 6.07) is 4.35. The molecule has 1 N–H and O–H groups in total. The summed E-state index contributed by atoms with van der Waals surface area (Å²) in [4.78, 5) is 2.52. The Morgan fingerprint density at radius 2 is 2.11 bits per heavy atom. The van der Waals surface area contributed by atoms with E-state index in [1.807, 2.05) is 6.92 Å². The second-order valence-electron chi connectivity index (χ2n) is 8.82. The van der Waals surface area contributed by atoms with Crippen molar-refractivity contribution in [3.63, 3.8) is 0 Å². The van der Waals surface area contributed by atoms with Gasteiger partial charge in [-0.1, -0.05) is 13.8 Å². The number of halogens is 1. The van der Waals surface area contributed by atoms with E-state index >= 15 is 0 Å². The number of aliphatic hydroxyl groups is 1. The largest absolute Gasteiger partial charge is 0.493 e. The minimum absolute atomic E-state index is 0.155. The third-order valence-electron chi connectivity index (χ3n) is 6.45. The first-order valence-electron chi connectivity index (χ1n) is 10.8.